The van der Waals surface area contributed by atoms with E-state index in [9.17, 15) is 0 Å². The van der Waals surface area contributed by atoms with E-state index in [1.165, 1.54) is 24.2 Å². The van der Waals surface area contributed by atoms with E-state index in [0.717, 1.165) is 5.92 Å². The van der Waals surface area contributed by atoms with Gasteiger partial charge in [0.2, 0.25) is 0 Å². The van der Waals surface area contributed by atoms with E-state index >= 15 is 0 Å². The van der Waals surface area contributed by atoms with Gasteiger partial charge in [-0.05, 0) is 18.8 Å². The van der Waals surface area contributed by atoms with Crippen LogP contribution in [-0.4, -0.2) is 9.97 Å². The summed E-state index contributed by atoms with van der Waals surface area (Å²) in [6, 6.07) is 0. The van der Waals surface area contributed by atoms with E-state index < -0.39 is 0 Å². The van der Waals surface area contributed by atoms with Crippen molar-refractivity contribution in [1.82, 2.24) is 9.97 Å². The lowest BCUT2D eigenvalue weighted by molar-refractivity contribution is 0.417. The summed E-state index contributed by atoms with van der Waals surface area (Å²) in [6.07, 6.45) is 4.30. The highest BCUT2D eigenvalue weighted by atomic mass is 14.9. The Kier molecular flexibility index (Phi) is 1.48. The molecule has 2 nitrogen and oxygen atoms in total. The first kappa shape index (κ1) is 6.89. The molecule has 60 valence electrons. The largest absolute Gasteiger partial charge is 0.348 e. The standard InChI is InChI=1S/C9H14N2/c1-6-3-4-8-9(7(6)2)11-5-10-8/h5-7H,3-4H2,1-2H3,(H,10,11). The summed E-state index contributed by atoms with van der Waals surface area (Å²) in [5.41, 5.74) is 2.65. The Balaban J connectivity index is 2.38. The molecule has 0 saturated carbocycles. The fourth-order valence-electron chi connectivity index (χ4n) is 1.82. The van der Waals surface area contributed by atoms with Crippen molar-refractivity contribution in [3.05, 3.63) is 17.7 Å². The van der Waals surface area contributed by atoms with E-state index in [2.05, 4.69) is 23.8 Å². The van der Waals surface area contributed by atoms with E-state index in [1.807, 2.05) is 6.33 Å². The molecule has 0 spiro atoms. The number of aromatic amines is 1. The molecule has 0 amide bonds. The third-order valence-corrected chi connectivity index (χ3v) is 2.89. The minimum absolute atomic E-state index is 0.644. The molecule has 1 heterocycles. The van der Waals surface area contributed by atoms with Gasteiger partial charge in [-0.1, -0.05) is 13.8 Å². The average molecular weight is 150 g/mol. The Morgan fingerprint density at radius 2 is 2.36 bits per heavy atom. The first-order valence-electron chi connectivity index (χ1n) is 4.31. The van der Waals surface area contributed by atoms with Crippen LogP contribution in [0.5, 0.6) is 0 Å². The number of hydrogen-bond donors (Lipinski definition) is 1. The second-order valence-corrected chi connectivity index (χ2v) is 3.57. The van der Waals surface area contributed by atoms with Crippen molar-refractivity contribution in [2.45, 2.75) is 32.6 Å². The smallest absolute Gasteiger partial charge is 0.0925 e. The van der Waals surface area contributed by atoms with Crippen molar-refractivity contribution in [3.8, 4) is 0 Å². The Morgan fingerprint density at radius 1 is 1.55 bits per heavy atom. The molecule has 2 atom stereocenters. The zero-order valence-electron chi connectivity index (χ0n) is 7.09. The summed E-state index contributed by atoms with van der Waals surface area (Å²) in [4.78, 5) is 7.53. The minimum atomic E-state index is 0.644. The van der Waals surface area contributed by atoms with Gasteiger partial charge in [0.25, 0.3) is 0 Å². The van der Waals surface area contributed by atoms with Gasteiger partial charge in [0.1, 0.15) is 0 Å². The number of rotatable bonds is 0. The lowest BCUT2D eigenvalue weighted by Gasteiger charge is -2.24. The monoisotopic (exact) mass is 150 g/mol. The first-order valence-corrected chi connectivity index (χ1v) is 4.31. The zero-order chi connectivity index (χ0) is 7.84. The molecule has 1 aromatic rings. The number of aromatic nitrogens is 2. The van der Waals surface area contributed by atoms with E-state index in [1.54, 1.807) is 0 Å². The number of fused-ring (bicyclic) bond motifs is 1. The van der Waals surface area contributed by atoms with Crippen molar-refractivity contribution >= 4 is 0 Å². The highest BCUT2D eigenvalue weighted by Gasteiger charge is 2.24. The fraction of sp³-hybridized carbons (Fsp3) is 0.667. The molecule has 1 aliphatic carbocycles. The molecule has 11 heavy (non-hydrogen) atoms. The van der Waals surface area contributed by atoms with Gasteiger partial charge in [-0.3, -0.25) is 0 Å². The van der Waals surface area contributed by atoms with Gasteiger partial charge in [0.05, 0.1) is 12.0 Å². The molecule has 0 radical (unpaired) electrons. The summed E-state index contributed by atoms with van der Waals surface area (Å²) >= 11 is 0. The summed E-state index contributed by atoms with van der Waals surface area (Å²) in [5, 5.41) is 0. The third kappa shape index (κ3) is 0.971. The van der Waals surface area contributed by atoms with E-state index in [4.69, 9.17) is 0 Å². The molecular formula is C9H14N2. The molecule has 0 aliphatic heterocycles. The normalized spacial score (nSPS) is 30.0. The lowest BCUT2D eigenvalue weighted by atomic mass is 9.82. The predicted molar refractivity (Wildman–Crippen MR) is 44.5 cm³/mol. The summed E-state index contributed by atoms with van der Waals surface area (Å²) in [6.45, 7) is 4.58. The molecule has 0 fully saturated rings. The molecule has 2 unspecified atom stereocenters. The van der Waals surface area contributed by atoms with Crippen LogP contribution in [-0.2, 0) is 6.42 Å². The maximum atomic E-state index is 4.33. The predicted octanol–water partition coefficient (Wildman–Crippen LogP) is 2.10. The van der Waals surface area contributed by atoms with Gasteiger partial charge >= 0.3 is 0 Å². The molecule has 0 saturated heterocycles. The summed E-state index contributed by atoms with van der Waals surface area (Å²) < 4.78 is 0. The molecular weight excluding hydrogens is 136 g/mol. The molecule has 1 aliphatic rings. The van der Waals surface area contributed by atoms with Crippen LogP contribution < -0.4 is 0 Å². The SMILES string of the molecule is CC1CCc2[nH]cnc2C1C. The van der Waals surface area contributed by atoms with Crippen molar-refractivity contribution in [2.24, 2.45) is 5.92 Å². The van der Waals surface area contributed by atoms with E-state index in [0.29, 0.717) is 5.92 Å². The Labute approximate surface area is 67.0 Å². The number of hydrogen-bond acceptors (Lipinski definition) is 1. The topological polar surface area (TPSA) is 28.7 Å². The number of nitrogens with one attached hydrogen (secondary N) is 1. The van der Waals surface area contributed by atoms with Crippen LogP contribution in [0.2, 0.25) is 0 Å². The second kappa shape index (κ2) is 2.36. The molecule has 2 rings (SSSR count). The molecule has 1 N–H and O–H groups in total. The molecule has 0 aromatic carbocycles. The van der Waals surface area contributed by atoms with Gasteiger partial charge in [-0.2, -0.15) is 0 Å². The van der Waals surface area contributed by atoms with Crippen molar-refractivity contribution < 1.29 is 0 Å². The Hall–Kier alpha value is -0.790. The number of aryl methyl sites for hydroxylation is 1. The minimum Gasteiger partial charge on any atom is -0.348 e. The van der Waals surface area contributed by atoms with Crippen LogP contribution in [0.25, 0.3) is 0 Å². The van der Waals surface area contributed by atoms with Crippen LogP contribution in [0, 0.1) is 5.92 Å². The van der Waals surface area contributed by atoms with Crippen LogP contribution >= 0.6 is 0 Å². The first-order chi connectivity index (χ1) is 5.29. The van der Waals surface area contributed by atoms with Crippen LogP contribution in [0.3, 0.4) is 0 Å². The Bertz CT molecular complexity index is 252. The number of imidazole rings is 1. The van der Waals surface area contributed by atoms with Crippen LogP contribution in [0.4, 0.5) is 0 Å². The number of H-pyrrole nitrogens is 1. The summed E-state index contributed by atoms with van der Waals surface area (Å²) in [7, 11) is 0. The van der Waals surface area contributed by atoms with Crippen molar-refractivity contribution in [2.75, 3.05) is 0 Å². The number of nitrogens with zero attached hydrogens (tertiary/aromatic N) is 1. The van der Waals surface area contributed by atoms with Gasteiger partial charge in [-0.25, -0.2) is 4.98 Å². The quantitative estimate of drug-likeness (QED) is 0.602. The lowest BCUT2D eigenvalue weighted by Crippen LogP contribution is -2.15. The van der Waals surface area contributed by atoms with Gasteiger partial charge in [-0.15, -0.1) is 0 Å². The zero-order valence-corrected chi connectivity index (χ0v) is 7.09. The van der Waals surface area contributed by atoms with Gasteiger partial charge < -0.3 is 4.98 Å². The van der Waals surface area contributed by atoms with E-state index in [-0.39, 0.29) is 0 Å². The van der Waals surface area contributed by atoms with Crippen LogP contribution in [0.15, 0.2) is 6.33 Å². The highest BCUT2D eigenvalue weighted by Crippen LogP contribution is 2.32. The maximum Gasteiger partial charge on any atom is 0.0925 e. The van der Waals surface area contributed by atoms with Crippen LogP contribution in [0.1, 0.15) is 37.6 Å². The maximum absolute atomic E-state index is 4.33. The third-order valence-electron chi connectivity index (χ3n) is 2.89. The average Bonchev–Trinajstić information content (AvgIpc) is 2.45. The highest BCUT2D eigenvalue weighted by molar-refractivity contribution is 5.19. The summed E-state index contributed by atoms with van der Waals surface area (Å²) in [5.74, 6) is 1.44. The van der Waals surface area contributed by atoms with Gasteiger partial charge in [0.15, 0.2) is 0 Å². The van der Waals surface area contributed by atoms with Crippen molar-refractivity contribution in [3.63, 3.8) is 0 Å². The second-order valence-electron chi connectivity index (χ2n) is 3.57. The van der Waals surface area contributed by atoms with Gasteiger partial charge in [0, 0.05) is 11.6 Å². The molecule has 2 heteroatoms. The fourth-order valence-corrected chi connectivity index (χ4v) is 1.82. The van der Waals surface area contributed by atoms with Crippen molar-refractivity contribution in [1.29, 1.82) is 0 Å². The molecule has 1 aromatic heterocycles. The Morgan fingerprint density at radius 3 is 3.18 bits per heavy atom. The molecule has 0 bridgehead atoms.